The normalized spacial score (nSPS) is 21.0. The van der Waals surface area contributed by atoms with Crippen LogP contribution in [0.4, 0.5) is 26.3 Å². The van der Waals surface area contributed by atoms with Crippen LogP contribution in [0.25, 0.3) is 20.9 Å². The van der Waals surface area contributed by atoms with Gasteiger partial charge >= 0.3 is 18.1 Å². The number of carbonyl (C=O) groups excluding carboxylic acids is 2. The van der Waals surface area contributed by atoms with Crippen LogP contribution in [0.15, 0.2) is 30.3 Å². The predicted molar refractivity (Wildman–Crippen MR) is 137 cm³/mol. The van der Waals surface area contributed by atoms with Crippen molar-refractivity contribution in [1.29, 1.82) is 0 Å². The van der Waals surface area contributed by atoms with Gasteiger partial charge in [-0.15, -0.1) is 0 Å². The van der Waals surface area contributed by atoms with E-state index in [9.17, 15) is 31.5 Å². The van der Waals surface area contributed by atoms with Gasteiger partial charge in [0.05, 0.1) is 5.92 Å². The number of fused-ring (bicyclic) bond motifs is 1. The Bertz CT molecular complexity index is 1500. The zero-order chi connectivity index (χ0) is 29.2. The Morgan fingerprint density at radius 3 is 2.37 bits per heavy atom. The van der Waals surface area contributed by atoms with E-state index in [1.54, 1.807) is 17.0 Å². The third-order valence-electron chi connectivity index (χ3n) is 8.44. The van der Waals surface area contributed by atoms with Crippen LogP contribution < -0.4 is 0 Å². The molecule has 2 aromatic heterocycles. The van der Waals surface area contributed by atoms with Gasteiger partial charge in [0, 0.05) is 49.1 Å². The second kappa shape index (κ2) is 10.0. The molecular weight excluding hydrogens is 572 g/mol. The molecule has 0 bridgehead atoms. The molecule has 3 aliphatic rings. The number of hydrogen-bond acceptors (Lipinski definition) is 7. The summed E-state index contributed by atoms with van der Waals surface area (Å²) in [6, 6.07) is 8.42. The van der Waals surface area contributed by atoms with E-state index in [-0.39, 0.29) is 43.8 Å². The number of ether oxygens (including phenoxy) is 1. The van der Waals surface area contributed by atoms with Crippen molar-refractivity contribution in [1.82, 2.24) is 14.9 Å². The van der Waals surface area contributed by atoms with E-state index in [4.69, 9.17) is 4.98 Å². The molecule has 2 saturated carbocycles. The number of likely N-dealkylation sites (tertiary alicyclic amines) is 1. The number of esters is 2. The highest BCUT2D eigenvalue weighted by Gasteiger charge is 2.54. The van der Waals surface area contributed by atoms with Gasteiger partial charge in [0.15, 0.2) is 0 Å². The van der Waals surface area contributed by atoms with Crippen molar-refractivity contribution in [3.05, 3.63) is 47.4 Å². The minimum Gasteiger partial charge on any atom is -0.386 e. The summed E-state index contributed by atoms with van der Waals surface area (Å²) in [5, 5.41) is 0.456. The van der Waals surface area contributed by atoms with Crippen LogP contribution in [0.3, 0.4) is 0 Å². The van der Waals surface area contributed by atoms with Crippen LogP contribution in [-0.4, -0.2) is 52.0 Å². The molecular formula is C28H25F6N3O3S. The molecule has 0 spiro atoms. The third kappa shape index (κ3) is 5.57. The Kier molecular flexibility index (Phi) is 6.88. The fraction of sp³-hybridized carbons (Fsp3) is 0.500. The van der Waals surface area contributed by atoms with E-state index in [0.717, 1.165) is 18.5 Å². The van der Waals surface area contributed by atoms with Gasteiger partial charge in [-0.2, -0.15) is 13.2 Å². The Hall–Kier alpha value is -3.06. The molecule has 1 aromatic carbocycles. The maximum absolute atomic E-state index is 15.1. The van der Waals surface area contributed by atoms with Crippen molar-refractivity contribution < 1.29 is 40.7 Å². The van der Waals surface area contributed by atoms with Crippen molar-refractivity contribution in [2.45, 2.75) is 62.6 Å². The summed E-state index contributed by atoms with van der Waals surface area (Å²) in [5.74, 6) is -7.54. The van der Waals surface area contributed by atoms with Gasteiger partial charge in [0.25, 0.3) is 0 Å². The average molecular weight is 598 g/mol. The number of nitrogens with zero attached hydrogens (tertiary/aromatic N) is 3. The molecule has 13 heteroatoms. The van der Waals surface area contributed by atoms with Gasteiger partial charge in [-0.25, -0.2) is 27.9 Å². The molecule has 0 unspecified atom stereocenters. The number of pyridine rings is 1. The summed E-state index contributed by atoms with van der Waals surface area (Å²) in [6.07, 6.45) is -2.60. The van der Waals surface area contributed by atoms with E-state index in [0.29, 0.717) is 39.3 Å². The second-order valence-electron chi connectivity index (χ2n) is 11.2. The van der Waals surface area contributed by atoms with E-state index < -0.39 is 35.8 Å². The van der Waals surface area contributed by atoms with Crippen LogP contribution in [0.2, 0.25) is 0 Å². The lowest BCUT2D eigenvalue weighted by Crippen LogP contribution is -2.51. The molecule has 0 amide bonds. The number of halogens is 6. The summed E-state index contributed by atoms with van der Waals surface area (Å²) in [6.45, 7) is 0.433. The standard InChI is InChI=1S/C28H25F6N3O3S/c29-19-11-15(12-37-13-16(14-37)24(38)40-25(39)28(32,33)34)1-2-18(19)22-35-20-3-4-21(36-23(20)41-22)26(9-10-26)17-5-7-27(30,31)8-6-17/h1-4,11,16-17H,5-10,12-14H2. The second-order valence-corrected chi connectivity index (χ2v) is 12.2. The van der Waals surface area contributed by atoms with Crippen LogP contribution in [0, 0.1) is 17.7 Å². The minimum absolute atomic E-state index is 0.0873. The van der Waals surface area contributed by atoms with Crippen molar-refractivity contribution in [3.8, 4) is 10.6 Å². The number of rotatable bonds is 6. The van der Waals surface area contributed by atoms with Crippen molar-refractivity contribution >= 4 is 33.6 Å². The molecule has 6 nitrogen and oxygen atoms in total. The van der Waals surface area contributed by atoms with Crippen molar-refractivity contribution in [2.75, 3.05) is 13.1 Å². The van der Waals surface area contributed by atoms with E-state index in [1.807, 2.05) is 12.1 Å². The van der Waals surface area contributed by atoms with Gasteiger partial charge in [0.1, 0.15) is 21.2 Å². The van der Waals surface area contributed by atoms with Crippen LogP contribution in [0.1, 0.15) is 49.8 Å². The summed E-state index contributed by atoms with van der Waals surface area (Å²) >= 11 is 1.26. The first-order chi connectivity index (χ1) is 19.3. The lowest BCUT2D eigenvalue weighted by atomic mass is 9.75. The zero-order valence-corrected chi connectivity index (χ0v) is 22.5. The maximum Gasteiger partial charge on any atom is 0.491 e. The molecule has 1 aliphatic heterocycles. The summed E-state index contributed by atoms with van der Waals surface area (Å²) < 4.78 is 83.2. The fourth-order valence-electron chi connectivity index (χ4n) is 5.98. The monoisotopic (exact) mass is 597 g/mol. The highest BCUT2D eigenvalue weighted by Crippen LogP contribution is 2.58. The largest absolute Gasteiger partial charge is 0.491 e. The Balaban J connectivity index is 1.10. The van der Waals surface area contributed by atoms with Gasteiger partial charge < -0.3 is 4.74 Å². The number of carbonyl (C=O) groups is 2. The van der Waals surface area contributed by atoms with Crippen molar-refractivity contribution in [3.63, 3.8) is 0 Å². The number of thiazole rings is 1. The molecule has 0 radical (unpaired) electrons. The summed E-state index contributed by atoms with van der Waals surface area (Å²) in [4.78, 5) is 34.3. The number of alkyl halides is 5. The molecule has 2 aliphatic carbocycles. The molecule has 3 aromatic rings. The number of aromatic nitrogens is 2. The van der Waals surface area contributed by atoms with Crippen molar-refractivity contribution in [2.24, 2.45) is 11.8 Å². The first kappa shape index (κ1) is 28.1. The topological polar surface area (TPSA) is 72.4 Å². The SMILES string of the molecule is O=C(OC(=O)C(F)(F)F)C1CN(Cc2ccc(-c3nc4ccc(C5(C6CCC(F)(F)CC6)CC5)nc4s3)c(F)c2)C1. The number of benzene rings is 1. The molecule has 3 heterocycles. The lowest BCUT2D eigenvalue weighted by Gasteiger charge is -2.37. The quantitative estimate of drug-likeness (QED) is 0.186. The van der Waals surface area contributed by atoms with Gasteiger partial charge in [0.2, 0.25) is 5.92 Å². The van der Waals surface area contributed by atoms with Gasteiger partial charge in [-0.3, -0.25) is 9.69 Å². The summed E-state index contributed by atoms with van der Waals surface area (Å²) in [7, 11) is 0. The predicted octanol–water partition coefficient (Wildman–Crippen LogP) is 6.42. The lowest BCUT2D eigenvalue weighted by molar-refractivity contribution is -0.204. The van der Waals surface area contributed by atoms with E-state index in [2.05, 4.69) is 9.72 Å². The Labute approximate surface area is 234 Å². The first-order valence-corrected chi connectivity index (χ1v) is 14.1. The van der Waals surface area contributed by atoms with Gasteiger partial charge in [-0.05, 0) is 61.4 Å². The molecule has 1 saturated heterocycles. The molecule has 6 rings (SSSR count). The maximum atomic E-state index is 15.1. The smallest absolute Gasteiger partial charge is 0.386 e. The molecule has 0 N–H and O–H groups in total. The van der Waals surface area contributed by atoms with Crippen LogP contribution in [-0.2, 0) is 26.3 Å². The Morgan fingerprint density at radius 1 is 1.02 bits per heavy atom. The highest BCUT2D eigenvalue weighted by atomic mass is 32.1. The molecule has 3 fully saturated rings. The highest BCUT2D eigenvalue weighted by molar-refractivity contribution is 7.21. The van der Waals surface area contributed by atoms with Crippen LogP contribution >= 0.6 is 11.3 Å². The third-order valence-corrected chi connectivity index (χ3v) is 9.44. The van der Waals surface area contributed by atoms with E-state index in [1.165, 1.54) is 17.4 Å². The molecule has 0 atom stereocenters. The van der Waals surface area contributed by atoms with Gasteiger partial charge in [-0.1, -0.05) is 17.4 Å². The minimum atomic E-state index is -5.24. The summed E-state index contributed by atoms with van der Waals surface area (Å²) in [5.41, 5.74) is 2.25. The Morgan fingerprint density at radius 2 is 1.73 bits per heavy atom. The first-order valence-electron chi connectivity index (χ1n) is 13.3. The fourth-order valence-corrected chi connectivity index (χ4v) is 6.94. The molecule has 218 valence electrons. The number of hydrogen-bond donors (Lipinski definition) is 0. The molecule has 41 heavy (non-hydrogen) atoms. The van der Waals surface area contributed by atoms with E-state index >= 15 is 4.39 Å². The average Bonchev–Trinajstić information content (AvgIpc) is 3.57. The zero-order valence-electron chi connectivity index (χ0n) is 21.6. The van der Waals surface area contributed by atoms with Crippen LogP contribution in [0.5, 0.6) is 0 Å².